The number of rotatable bonds is 5. The van der Waals surface area contributed by atoms with Gasteiger partial charge in [0.05, 0.1) is 10.6 Å². The summed E-state index contributed by atoms with van der Waals surface area (Å²) >= 11 is 0. The lowest BCUT2D eigenvalue weighted by molar-refractivity contribution is 0.265. The van der Waals surface area contributed by atoms with Gasteiger partial charge in [-0.05, 0) is 43.8 Å². The summed E-state index contributed by atoms with van der Waals surface area (Å²) in [5, 5.41) is 0. The quantitative estimate of drug-likeness (QED) is 0.826. The average molecular weight is 270 g/mol. The van der Waals surface area contributed by atoms with E-state index in [1.165, 1.54) is 0 Å². The Morgan fingerprint density at radius 3 is 2.11 bits per heavy atom. The van der Waals surface area contributed by atoms with Gasteiger partial charge in [-0.15, -0.1) is 0 Å². The molecule has 1 aromatic carbocycles. The van der Waals surface area contributed by atoms with Gasteiger partial charge >= 0.3 is 0 Å². The van der Waals surface area contributed by atoms with E-state index in [1.807, 2.05) is 32.8 Å². The smallest absolute Gasteiger partial charge is 0.178 e. The topological polar surface area (TPSA) is 63.4 Å². The highest BCUT2D eigenvalue weighted by atomic mass is 32.2. The summed E-state index contributed by atoms with van der Waals surface area (Å²) in [4.78, 5) is 2.34. The Bertz CT molecular complexity index is 490. The standard InChI is InChI=1S/C13H22N2O2S/c1-13(2,9-15(3)4)10-18(16,17)12-7-5-11(14)6-8-12/h5-8H,9-10,14H2,1-4H3. The van der Waals surface area contributed by atoms with Crippen LogP contribution in [0.5, 0.6) is 0 Å². The van der Waals surface area contributed by atoms with Gasteiger partial charge in [0.1, 0.15) is 0 Å². The zero-order valence-electron chi connectivity index (χ0n) is 11.5. The van der Waals surface area contributed by atoms with E-state index in [9.17, 15) is 8.42 Å². The summed E-state index contributed by atoms with van der Waals surface area (Å²) in [6.45, 7) is 4.64. The van der Waals surface area contributed by atoms with Gasteiger partial charge in [0, 0.05) is 12.2 Å². The molecule has 0 radical (unpaired) electrons. The number of hydrogen-bond acceptors (Lipinski definition) is 4. The zero-order valence-corrected chi connectivity index (χ0v) is 12.3. The Balaban J connectivity index is 2.91. The minimum atomic E-state index is -3.26. The Morgan fingerprint density at radius 2 is 1.67 bits per heavy atom. The Kier molecular flexibility index (Phi) is 4.40. The number of sulfone groups is 1. The first-order chi connectivity index (χ1) is 8.12. The summed E-state index contributed by atoms with van der Waals surface area (Å²) in [5.74, 6) is 0.127. The van der Waals surface area contributed by atoms with E-state index >= 15 is 0 Å². The molecule has 0 saturated heterocycles. The van der Waals surface area contributed by atoms with Gasteiger partial charge in [-0.25, -0.2) is 8.42 Å². The molecule has 0 bridgehead atoms. The van der Waals surface area contributed by atoms with Crippen LogP contribution in [0.25, 0.3) is 0 Å². The van der Waals surface area contributed by atoms with Crippen LogP contribution in [0, 0.1) is 5.41 Å². The second-order valence-corrected chi connectivity index (χ2v) is 7.72. The van der Waals surface area contributed by atoms with Crippen molar-refractivity contribution in [3.05, 3.63) is 24.3 Å². The summed E-state index contributed by atoms with van der Waals surface area (Å²) in [6, 6.07) is 6.37. The van der Waals surface area contributed by atoms with Crippen LogP contribution in [-0.4, -0.2) is 39.7 Å². The normalized spacial score (nSPS) is 12.9. The van der Waals surface area contributed by atoms with Crippen molar-refractivity contribution in [3.63, 3.8) is 0 Å². The maximum atomic E-state index is 12.3. The third-order valence-electron chi connectivity index (χ3n) is 2.56. The monoisotopic (exact) mass is 270 g/mol. The predicted octanol–water partition coefficient (Wildman–Crippen LogP) is 1.63. The molecule has 0 saturated carbocycles. The largest absolute Gasteiger partial charge is 0.399 e. The molecule has 0 aliphatic carbocycles. The third kappa shape index (κ3) is 4.31. The minimum absolute atomic E-state index is 0.127. The molecule has 0 aromatic heterocycles. The van der Waals surface area contributed by atoms with E-state index in [-0.39, 0.29) is 11.2 Å². The molecule has 4 nitrogen and oxygen atoms in total. The molecule has 5 heteroatoms. The van der Waals surface area contributed by atoms with Crippen molar-refractivity contribution in [2.24, 2.45) is 5.41 Å². The Labute approximate surface area is 110 Å². The van der Waals surface area contributed by atoms with Gasteiger partial charge in [-0.1, -0.05) is 13.8 Å². The molecule has 0 atom stereocenters. The van der Waals surface area contributed by atoms with Crippen molar-refractivity contribution >= 4 is 15.5 Å². The third-order valence-corrected chi connectivity index (χ3v) is 4.72. The van der Waals surface area contributed by atoms with Crippen LogP contribution in [0.3, 0.4) is 0 Å². The van der Waals surface area contributed by atoms with Crippen LogP contribution in [0.1, 0.15) is 13.8 Å². The first-order valence-corrected chi connectivity index (χ1v) is 7.51. The number of nitrogen functional groups attached to an aromatic ring is 1. The SMILES string of the molecule is CN(C)CC(C)(C)CS(=O)(=O)c1ccc(N)cc1. The lowest BCUT2D eigenvalue weighted by Crippen LogP contribution is -2.34. The molecule has 0 aliphatic heterocycles. The van der Waals surface area contributed by atoms with E-state index in [0.29, 0.717) is 10.6 Å². The van der Waals surface area contributed by atoms with Gasteiger partial charge in [0.25, 0.3) is 0 Å². The van der Waals surface area contributed by atoms with Crippen LogP contribution in [0.2, 0.25) is 0 Å². The molecular weight excluding hydrogens is 248 g/mol. The van der Waals surface area contributed by atoms with E-state index in [1.54, 1.807) is 24.3 Å². The highest BCUT2D eigenvalue weighted by molar-refractivity contribution is 7.91. The number of nitrogens with two attached hydrogens (primary N) is 1. The summed E-state index contributed by atoms with van der Waals surface area (Å²) < 4.78 is 24.6. The van der Waals surface area contributed by atoms with E-state index in [0.717, 1.165) is 6.54 Å². The lowest BCUT2D eigenvalue weighted by atomic mass is 9.96. The van der Waals surface area contributed by atoms with Gasteiger partial charge in [0.2, 0.25) is 0 Å². The van der Waals surface area contributed by atoms with Crippen molar-refractivity contribution in [1.29, 1.82) is 0 Å². The van der Waals surface area contributed by atoms with Crippen LogP contribution < -0.4 is 5.73 Å². The van der Waals surface area contributed by atoms with E-state index < -0.39 is 9.84 Å². The maximum Gasteiger partial charge on any atom is 0.178 e. The van der Waals surface area contributed by atoms with Gasteiger partial charge in [0.15, 0.2) is 9.84 Å². The van der Waals surface area contributed by atoms with Crippen LogP contribution in [-0.2, 0) is 9.84 Å². The molecule has 1 aromatic rings. The number of anilines is 1. The van der Waals surface area contributed by atoms with Gasteiger partial charge < -0.3 is 10.6 Å². The number of benzene rings is 1. The molecule has 0 spiro atoms. The van der Waals surface area contributed by atoms with Gasteiger partial charge in [-0.2, -0.15) is 0 Å². The summed E-state index contributed by atoms with van der Waals surface area (Å²) in [7, 11) is 0.622. The van der Waals surface area contributed by atoms with Crippen molar-refractivity contribution in [2.45, 2.75) is 18.7 Å². The Hall–Kier alpha value is -1.07. The van der Waals surface area contributed by atoms with E-state index in [4.69, 9.17) is 5.73 Å². The van der Waals surface area contributed by atoms with Crippen LogP contribution >= 0.6 is 0 Å². The molecule has 18 heavy (non-hydrogen) atoms. The molecule has 2 N–H and O–H groups in total. The second-order valence-electron chi connectivity index (χ2n) is 5.73. The highest BCUT2D eigenvalue weighted by Gasteiger charge is 2.28. The summed E-state index contributed by atoms with van der Waals surface area (Å²) in [5.41, 5.74) is 5.84. The first kappa shape index (κ1) is 15.0. The molecule has 0 unspecified atom stereocenters. The second kappa shape index (κ2) is 5.28. The molecule has 1 rings (SSSR count). The van der Waals surface area contributed by atoms with Crippen molar-refractivity contribution in [2.75, 3.05) is 32.1 Å². The summed E-state index contributed by atoms with van der Waals surface area (Å²) in [6.07, 6.45) is 0. The fourth-order valence-corrected chi connectivity index (χ4v) is 4.01. The van der Waals surface area contributed by atoms with Gasteiger partial charge in [-0.3, -0.25) is 0 Å². The van der Waals surface area contributed by atoms with Crippen molar-refractivity contribution in [1.82, 2.24) is 4.90 Å². The number of hydrogen-bond donors (Lipinski definition) is 1. The first-order valence-electron chi connectivity index (χ1n) is 5.85. The van der Waals surface area contributed by atoms with Crippen molar-refractivity contribution in [3.8, 4) is 0 Å². The molecule has 0 aliphatic rings. The lowest BCUT2D eigenvalue weighted by Gasteiger charge is -2.27. The predicted molar refractivity (Wildman–Crippen MR) is 75.2 cm³/mol. The molecular formula is C13H22N2O2S. The zero-order chi connectivity index (χ0) is 14.0. The fourth-order valence-electron chi connectivity index (χ4n) is 2.17. The fraction of sp³-hybridized carbons (Fsp3) is 0.538. The average Bonchev–Trinajstić information content (AvgIpc) is 2.13. The molecule has 0 heterocycles. The Morgan fingerprint density at radius 1 is 1.17 bits per heavy atom. The number of nitrogens with zero attached hydrogens (tertiary/aromatic N) is 1. The van der Waals surface area contributed by atoms with Crippen LogP contribution in [0.4, 0.5) is 5.69 Å². The van der Waals surface area contributed by atoms with Crippen LogP contribution in [0.15, 0.2) is 29.2 Å². The maximum absolute atomic E-state index is 12.3. The molecule has 0 fully saturated rings. The molecule has 102 valence electrons. The highest BCUT2D eigenvalue weighted by Crippen LogP contribution is 2.23. The molecule has 0 amide bonds. The van der Waals surface area contributed by atoms with Crippen molar-refractivity contribution < 1.29 is 8.42 Å². The minimum Gasteiger partial charge on any atom is -0.399 e. The van der Waals surface area contributed by atoms with E-state index in [2.05, 4.69) is 0 Å².